The highest BCUT2D eigenvalue weighted by molar-refractivity contribution is 5.29. The van der Waals surface area contributed by atoms with Gasteiger partial charge in [0.2, 0.25) is 0 Å². The molecule has 0 aliphatic carbocycles. The summed E-state index contributed by atoms with van der Waals surface area (Å²) in [6.07, 6.45) is -4.65. The zero-order chi connectivity index (χ0) is 15.7. The van der Waals surface area contributed by atoms with Crippen LogP contribution in [0.4, 0.5) is 13.2 Å². The van der Waals surface area contributed by atoms with Gasteiger partial charge in [-0.1, -0.05) is 12.1 Å². The Morgan fingerprint density at radius 3 is 2.38 bits per heavy atom. The lowest BCUT2D eigenvalue weighted by atomic mass is 9.95. The van der Waals surface area contributed by atoms with Crippen LogP contribution in [0, 0.1) is 0 Å². The molecule has 0 bridgehead atoms. The SMILES string of the molecule is CC(c1ccc(OC(F)(F)F)cc1)N1CCNCC1(C)C. The number of hydrogen-bond acceptors (Lipinski definition) is 3. The van der Waals surface area contributed by atoms with Crippen molar-refractivity contribution in [3.8, 4) is 5.75 Å². The summed E-state index contributed by atoms with van der Waals surface area (Å²) in [7, 11) is 0. The second kappa shape index (κ2) is 5.85. The van der Waals surface area contributed by atoms with Crippen LogP contribution in [-0.4, -0.2) is 36.4 Å². The maximum Gasteiger partial charge on any atom is 0.573 e. The van der Waals surface area contributed by atoms with Crippen LogP contribution in [0.5, 0.6) is 5.75 Å². The maximum absolute atomic E-state index is 12.2. The molecule has 21 heavy (non-hydrogen) atoms. The van der Waals surface area contributed by atoms with Crippen molar-refractivity contribution in [3.63, 3.8) is 0 Å². The van der Waals surface area contributed by atoms with E-state index in [4.69, 9.17) is 0 Å². The van der Waals surface area contributed by atoms with Crippen LogP contribution in [0.15, 0.2) is 24.3 Å². The van der Waals surface area contributed by atoms with Gasteiger partial charge in [-0.15, -0.1) is 13.2 Å². The first kappa shape index (κ1) is 16.1. The molecule has 0 radical (unpaired) electrons. The molecule has 1 heterocycles. The van der Waals surface area contributed by atoms with Crippen LogP contribution in [-0.2, 0) is 0 Å². The van der Waals surface area contributed by atoms with Crippen molar-refractivity contribution in [1.82, 2.24) is 10.2 Å². The van der Waals surface area contributed by atoms with Crippen molar-refractivity contribution in [2.45, 2.75) is 38.7 Å². The molecule has 6 heteroatoms. The van der Waals surface area contributed by atoms with E-state index in [9.17, 15) is 13.2 Å². The third-order valence-electron chi connectivity index (χ3n) is 3.93. The van der Waals surface area contributed by atoms with Crippen LogP contribution in [0.25, 0.3) is 0 Å². The number of alkyl halides is 3. The minimum atomic E-state index is -4.65. The number of ether oxygens (including phenoxy) is 1. The lowest BCUT2D eigenvalue weighted by molar-refractivity contribution is -0.274. The smallest absolute Gasteiger partial charge is 0.406 e. The Balaban J connectivity index is 2.11. The van der Waals surface area contributed by atoms with Gasteiger partial charge in [0.25, 0.3) is 0 Å². The standard InChI is InChI=1S/C15H21F3N2O/c1-11(20-9-8-19-10-14(20,2)3)12-4-6-13(7-5-12)21-15(16,17)18/h4-7,11,19H,8-10H2,1-3H3. The van der Waals surface area contributed by atoms with E-state index in [1.807, 2.05) is 0 Å². The normalized spacial score (nSPS) is 21.0. The summed E-state index contributed by atoms with van der Waals surface area (Å²) in [5.74, 6) is -0.182. The zero-order valence-corrected chi connectivity index (χ0v) is 12.5. The van der Waals surface area contributed by atoms with E-state index >= 15 is 0 Å². The molecule has 3 nitrogen and oxygen atoms in total. The molecule has 0 amide bonds. The first-order valence-electron chi connectivity index (χ1n) is 7.02. The van der Waals surface area contributed by atoms with Gasteiger partial charge in [0.1, 0.15) is 5.75 Å². The fourth-order valence-corrected chi connectivity index (χ4v) is 2.84. The van der Waals surface area contributed by atoms with E-state index in [0.717, 1.165) is 25.2 Å². The predicted octanol–water partition coefficient (Wildman–Crippen LogP) is 3.33. The third-order valence-corrected chi connectivity index (χ3v) is 3.93. The summed E-state index contributed by atoms with van der Waals surface area (Å²) >= 11 is 0. The lowest BCUT2D eigenvalue weighted by Gasteiger charge is -2.46. The average Bonchev–Trinajstić information content (AvgIpc) is 2.36. The third kappa shape index (κ3) is 4.11. The monoisotopic (exact) mass is 302 g/mol. The van der Waals surface area contributed by atoms with Gasteiger partial charge >= 0.3 is 6.36 Å². The van der Waals surface area contributed by atoms with Gasteiger partial charge in [-0.25, -0.2) is 0 Å². The zero-order valence-electron chi connectivity index (χ0n) is 12.5. The molecule has 1 atom stereocenters. The summed E-state index contributed by atoms with van der Waals surface area (Å²) < 4.78 is 40.4. The number of piperazine rings is 1. The molecule has 1 N–H and O–H groups in total. The molecule has 0 saturated carbocycles. The Labute approximate surface area is 123 Å². The number of halogens is 3. The van der Waals surface area contributed by atoms with Crippen LogP contribution in [0.1, 0.15) is 32.4 Å². The van der Waals surface area contributed by atoms with Crippen LogP contribution >= 0.6 is 0 Å². The molecule has 1 saturated heterocycles. The first-order valence-corrected chi connectivity index (χ1v) is 7.02. The Morgan fingerprint density at radius 2 is 1.86 bits per heavy atom. The van der Waals surface area contributed by atoms with Gasteiger partial charge in [-0.2, -0.15) is 0 Å². The number of benzene rings is 1. The highest BCUT2D eigenvalue weighted by atomic mass is 19.4. The van der Waals surface area contributed by atoms with Crippen LogP contribution < -0.4 is 10.1 Å². The highest BCUT2D eigenvalue weighted by Crippen LogP contribution is 2.31. The minimum absolute atomic E-state index is 0.0127. The van der Waals surface area contributed by atoms with Crippen LogP contribution in [0.2, 0.25) is 0 Å². The fraction of sp³-hybridized carbons (Fsp3) is 0.600. The van der Waals surface area contributed by atoms with E-state index in [-0.39, 0.29) is 17.3 Å². The van der Waals surface area contributed by atoms with Gasteiger partial charge in [-0.3, -0.25) is 4.90 Å². The highest BCUT2D eigenvalue weighted by Gasteiger charge is 2.34. The molecule has 1 fully saturated rings. The summed E-state index contributed by atoms with van der Waals surface area (Å²) in [6, 6.07) is 6.28. The molecule has 2 rings (SSSR count). The Bertz CT molecular complexity index is 471. The van der Waals surface area contributed by atoms with E-state index in [1.54, 1.807) is 12.1 Å². The molecular formula is C15H21F3N2O. The molecule has 1 aromatic rings. The summed E-state index contributed by atoms with van der Waals surface area (Å²) in [6.45, 7) is 9.13. The number of hydrogen-bond donors (Lipinski definition) is 1. The Hall–Kier alpha value is -1.27. The van der Waals surface area contributed by atoms with E-state index in [1.165, 1.54) is 12.1 Å². The van der Waals surface area contributed by atoms with Crippen molar-refractivity contribution in [1.29, 1.82) is 0 Å². The van der Waals surface area contributed by atoms with Gasteiger partial charge < -0.3 is 10.1 Å². The van der Waals surface area contributed by atoms with Crippen molar-refractivity contribution in [2.75, 3.05) is 19.6 Å². The fourth-order valence-electron chi connectivity index (χ4n) is 2.84. The quantitative estimate of drug-likeness (QED) is 0.927. The molecule has 1 aliphatic heterocycles. The number of nitrogens with zero attached hydrogens (tertiary/aromatic N) is 1. The molecule has 1 aromatic carbocycles. The number of rotatable bonds is 3. The second-order valence-electron chi connectivity index (χ2n) is 5.98. The van der Waals surface area contributed by atoms with E-state index < -0.39 is 6.36 Å². The molecule has 0 aromatic heterocycles. The van der Waals surface area contributed by atoms with Crippen LogP contribution in [0.3, 0.4) is 0 Å². The lowest BCUT2D eigenvalue weighted by Crippen LogP contribution is -2.58. The first-order chi connectivity index (χ1) is 9.69. The van der Waals surface area contributed by atoms with Gasteiger partial charge in [0, 0.05) is 31.2 Å². The summed E-state index contributed by atoms with van der Waals surface area (Å²) in [5, 5.41) is 3.36. The predicted molar refractivity (Wildman–Crippen MR) is 75.2 cm³/mol. The Kier molecular flexibility index (Phi) is 4.49. The minimum Gasteiger partial charge on any atom is -0.406 e. The van der Waals surface area contributed by atoms with Crippen molar-refractivity contribution < 1.29 is 17.9 Å². The molecule has 118 valence electrons. The Morgan fingerprint density at radius 1 is 1.24 bits per heavy atom. The van der Waals surface area contributed by atoms with Crippen molar-refractivity contribution >= 4 is 0 Å². The molecule has 0 spiro atoms. The van der Waals surface area contributed by atoms with Crippen molar-refractivity contribution in [3.05, 3.63) is 29.8 Å². The second-order valence-corrected chi connectivity index (χ2v) is 5.98. The van der Waals surface area contributed by atoms with Gasteiger partial charge in [0.05, 0.1) is 0 Å². The van der Waals surface area contributed by atoms with E-state index in [0.29, 0.717) is 0 Å². The molecule has 1 aliphatic rings. The number of nitrogens with one attached hydrogen (secondary N) is 1. The molecule has 1 unspecified atom stereocenters. The van der Waals surface area contributed by atoms with E-state index in [2.05, 4.69) is 35.7 Å². The van der Waals surface area contributed by atoms with Crippen molar-refractivity contribution in [2.24, 2.45) is 0 Å². The topological polar surface area (TPSA) is 24.5 Å². The average molecular weight is 302 g/mol. The maximum atomic E-state index is 12.2. The molecular weight excluding hydrogens is 281 g/mol. The largest absolute Gasteiger partial charge is 0.573 e. The van der Waals surface area contributed by atoms with Gasteiger partial charge in [-0.05, 0) is 38.5 Å². The van der Waals surface area contributed by atoms with Gasteiger partial charge in [0.15, 0.2) is 0 Å². The summed E-state index contributed by atoms with van der Waals surface area (Å²) in [5.41, 5.74) is 0.998. The summed E-state index contributed by atoms with van der Waals surface area (Å²) in [4.78, 5) is 2.36.